The van der Waals surface area contributed by atoms with E-state index in [9.17, 15) is 4.57 Å². The van der Waals surface area contributed by atoms with Crippen molar-refractivity contribution in [3.63, 3.8) is 0 Å². The first-order valence-electron chi connectivity index (χ1n) is 4.62. The zero-order chi connectivity index (χ0) is 10.5. The number of hydrogen-bond donors (Lipinski definition) is 0. The van der Waals surface area contributed by atoms with E-state index in [1.165, 1.54) is 0 Å². The van der Waals surface area contributed by atoms with Crippen molar-refractivity contribution in [2.24, 2.45) is 0 Å². The average Bonchev–Trinajstić information content (AvgIpc) is 1.97. The van der Waals surface area contributed by atoms with Crippen LogP contribution >= 0.6 is 7.60 Å². The van der Waals surface area contributed by atoms with Gasteiger partial charge in [-0.15, -0.1) is 0 Å². The molecule has 1 aliphatic heterocycles. The Morgan fingerprint density at radius 2 is 1.31 bits per heavy atom. The molecule has 13 heavy (non-hydrogen) atoms. The van der Waals surface area contributed by atoms with Crippen molar-refractivity contribution in [2.45, 2.75) is 58.4 Å². The third kappa shape index (κ3) is 1.70. The molecule has 0 saturated carbocycles. The maximum Gasteiger partial charge on any atom is 0.334 e. The Kier molecular flexibility index (Phi) is 2.43. The second-order valence-corrected chi connectivity index (χ2v) is 7.31. The van der Waals surface area contributed by atoms with Crippen LogP contribution < -0.4 is 0 Å². The van der Waals surface area contributed by atoms with Crippen LogP contribution in [-0.2, 0) is 13.6 Å². The van der Waals surface area contributed by atoms with Gasteiger partial charge in [-0.05, 0) is 27.7 Å². The Hall–Kier alpha value is 0.150. The fourth-order valence-electron chi connectivity index (χ4n) is 1.09. The third-order valence-electron chi connectivity index (χ3n) is 2.79. The Labute approximate surface area is 80.3 Å². The monoisotopic (exact) mass is 206 g/mol. The summed E-state index contributed by atoms with van der Waals surface area (Å²) in [7, 11) is -2.89. The summed E-state index contributed by atoms with van der Waals surface area (Å²) in [5.74, 6) is 0. The van der Waals surface area contributed by atoms with Gasteiger partial charge in [-0.2, -0.15) is 0 Å². The van der Waals surface area contributed by atoms with Crippen molar-refractivity contribution >= 4 is 7.60 Å². The van der Waals surface area contributed by atoms with Gasteiger partial charge in [-0.25, -0.2) is 0 Å². The van der Waals surface area contributed by atoms with E-state index in [2.05, 4.69) is 0 Å². The quantitative estimate of drug-likeness (QED) is 0.618. The molecule has 1 aliphatic rings. The van der Waals surface area contributed by atoms with E-state index < -0.39 is 18.8 Å². The van der Waals surface area contributed by atoms with Gasteiger partial charge in [0.05, 0.1) is 5.66 Å². The summed E-state index contributed by atoms with van der Waals surface area (Å²) in [6.45, 7) is 11.4. The molecule has 0 aromatic rings. The predicted molar refractivity (Wildman–Crippen MR) is 53.1 cm³/mol. The highest BCUT2D eigenvalue weighted by molar-refractivity contribution is 7.54. The van der Waals surface area contributed by atoms with Crippen LogP contribution in [0.25, 0.3) is 0 Å². The first kappa shape index (κ1) is 11.2. The molecule has 3 nitrogen and oxygen atoms in total. The fraction of sp³-hybridized carbons (Fsp3) is 1.00. The smallest absolute Gasteiger partial charge is 0.299 e. The fourth-order valence-corrected chi connectivity index (χ4v) is 3.26. The molecule has 0 unspecified atom stereocenters. The molecule has 0 aromatic heterocycles. The van der Waals surface area contributed by atoms with Crippen LogP contribution in [0, 0.1) is 0 Å². The van der Waals surface area contributed by atoms with Gasteiger partial charge < -0.3 is 0 Å². The molecule has 78 valence electrons. The molecule has 0 amide bonds. The van der Waals surface area contributed by atoms with Crippen LogP contribution in [0.3, 0.4) is 0 Å². The summed E-state index contributed by atoms with van der Waals surface area (Å²) in [6.07, 6.45) is 0. The van der Waals surface area contributed by atoms with Gasteiger partial charge in [0, 0.05) is 0 Å². The Balaban J connectivity index is 3.01. The first-order valence-corrected chi connectivity index (χ1v) is 6.23. The molecule has 0 radical (unpaired) electrons. The van der Waals surface area contributed by atoms with Gasteiger partial charge in [0.25, 0.3) is 0 Å². The van der Waals surface area contributed by atoms with Crippen molar-refractivity contribution in [1.29, 1.82) is 0 Å². The predicted octanol–water partition coefficient (Wildman–Crippen LogP) is 3.19. The molecule has 0 atom stereocenters. The molecule has 0 aliphatic carbocycles. The van der Waals surface area contributed by atoms with Crippen molar-refractivity contribution in [3.8, 4) is 0 Å². The summed E-state index contributed by atoms with van der Waals surface area (Å²) in [6, 6.07) is 0. The summed E-state index contributed by atoms with van der Waals surface area (Å²) in [5.41, 5.74) is -1.03. The second kappa shape index (κ2) is 2.82. The number of rotatable bonds is 1. The normalized spacial score (nSPS) is 29.5. The molecule has 0 aromatic carbocycles. The minimum Gasteiger partial charge on any atom is -0.299 e. The maximum absolute atomic E-state index is 12.1. The van der Waals surface area contributed by atoms with Crippen molar-refractivity contribution in [2.75, 3.05) is 0 Å². The van der Waals surface area contributed by atoms with Crippen LogP contribution in [0.4, 0.5) is 0 Å². The van der Waals surface area contributed by atoms with Crippen LogP contribution in [0.15, 0.2) is 0 Å². The molecule has 1 heterocycles. The standard InChI is InChI=1S/C9H19O3P/c1-7(2)13(10)11-8(3,4)9(5,6)12-13/h7H,1-6H3. The third-order valence-corrected chi connectivity index (χ3v) is 5.48. The first-order chi connectivity index (χ1) is 5.61. The summed E-state index contributed by atoms with van der Waals surface area (Å²) in [5, 5.41) is 0. The highest BCUT2D eigenvalue weighted by Crippen LogP contribution is 2.66. The largest absolute Gasteiger partial charge is 0.334 e. The van der Waals surface area contributed by atoms with E-state index in [-0.39, 0.29) is 5.66 Å². The van der Waals surface area contributed by atoms with Crippen molar-refractivity contribution in [3.05, 3.63) is 0 Å². The lowest BCUT2D eigenvalue weighted by atomic mass is 9.90. The maximum atomic E-state index is 12.1. The van der Waals surface area contributed by atoms with Crippen LogP contribution in [0.5, 0.6) is 0 Å². The minimum atomic E-state index is -2.89. The van der Waals surface area contributed by atoms with Gasteiger partial charge in [0.2, 0.25) is 0 Å². The number of hydrogen-bond acceptors (Lipinski definition) is 3. The second-order valence-electron chi connectivity index (χ2n) is 4.84. The molecule has 4 heteroatoms. The van der Waals surface area contributed by atoms with Crippen LogP contribution in [0.2, 0.25) is 0 Å². The van der Waals surface area contributed by atoms with Gasteiger partial charge >= 0.3 is 7.60 Å². The topological polar surface area (TPSA) is 35.5 Å². The molecule has 1 rings (SSSR count). The van der Waals surface area contributed by atoms with Gasteiger partial charge in [-0.3, -0.25) is 13.6 Å². The van der Waals surface area contributed by atoms with E-state index in [4.69, 9.17) is 9.05 Å². The van der Waals surface area contributed by atoms with E-state index in [0.717, 1.165) is 0 Å². The molecule has 1 saturated heterocycles. The van der Waals surface area contributed by atoms with Crippen molar-refractivity contribution in [1.82, 2.24) is 0 Å². The van der Waals surface area contributed by atoms with Gasteiger partial charge in [0.1, 0.15) is 11.2 Å². The molecule has 0 N–H and O–H groups in total. The van der Waals surface area contributed by atoms with E-state index >= 15 is 0 Å². The Morgan fingerprint density at radius 3 is 1.46 bits per heavy atom. The lowest BCUT2D eigenvalue weighted by molar-refractivity contribution is 0.00578. The molecule has 0 spiro atoms. The molecular formula is C9H19O3P. The molecular weight excluding hydrogens is 187 g/mol. The van der Waals surface area contributed by atoms with E-state index in [1.807, 2.05) is 41.5 Å². The lowest BCUT2D eigenvalue weighted by Crippen LogP contribution is -2.41. The zero-order valence-electron chi connectivity index (χ0n) is 9.25. The van der Waals surface area contributed by atoms with Crippen molar-refractivity contribution < 1.29 is 13.6 Å². The van der Waals surface area contributed by atoms with E-state index in [0.29, 0.717) is 0 Å². The summed E-state index contributed by atoms with van der Waals surface area (Å²) in [4.78, 5) is 0. The SMILES string of the molecule is CC(C)P1(=O)OC(C)(C)C(C)(C)O1. The Bertz CT molecular complexity index is 236. The van der Waals surface area contributed by atoms with E-state index in [1.54, 1.807) is 0 Å². The molecule has 1 fully saturated rings. The Morgan fingerprint density at radius 1 is 1.00 bits per heavy atom. The zero-order valence-corrected chi connectivity index (χ0v) is 10.1. The van der Waals surface area contributed by atoms with Gasteiger partial charge in [0.15, 0.2) is 0 Å². The average molecular weight is 206 g/mol. The highest BCUT2D eigenvalue weighted by atomic mass is 31.2. The highest BCUT2D eigenvalue weighted by Gasteiger charge is 2.56. The summed E-state index contributed by atoms with van der Waals surface area (Å²) >= 11 is 0. The lowest BCUT2D eigenvalue weighted by Gasteiger charge is -2.29. The molecule has 0 bridgehead atoms. The van der Waals surface area contributed by atoms with Crippen LogP contribution in [-0.4, -0.2) is 16.9 Å². The minimum absolute atomic E-state index is 0.0754. The van der Waals surface area contributed by atoms with Crippen LogP contribution in [0.1, 0.15) is 41.5 Å². The van der Waals surface area contributed by atoms with Gasteiger partial charge in [-0.1, -0.05) is 13.8 Å². The summed E-state index contributed by atoms with van der Waals surface area (Å²) < 4.78 is 23.2.